The molecule has 11 heteroatoms. The van der Waals surface area contributed by atoms with Crippen LogP contribution >= 0.6 is 11.3 Å². The molecule has 0 bridgehead atoms. The molecule has 0 saturated heterocycles. The summed E-state index contributed by atoms with van der Waals surface area (Å²) in [4.78, 5) is 3.91. The van der Waals surface area contributed by atoms with Gasteiger partial charge in [0.15, 0.2) is 10.7 Å². The number of benzene rings is 1. The number of aromatic nitrogens is 2. The van der Waals surface area contributed by atoms with Crippen LogP contribution < -0.4 is 4.72 Å². The second-order valence-corrected chi connectivity index (χ2v) is 8.54. The summed E-state index contributed by atoms with van der Waals surface area (Å²) in [5.41, 5.74) is 1.24. The van der Waals surface area contributed by atoms with Crippen molar-refractivity contribution in [3.05, 3.63) is 46.1 Å². The Morgan fingerprint density at radius 3 is 2.67 bits per heavy atom. The van der Waals surface area contributed by atoms with Crippen LogP contribution in [0.1, 0.15) is 16.3 Å². The third kappa shape index (κ3) is 3.22. The number of thiophene rings is 1. The highest BCUT2D eigenvalue weighted by molar-refractivity contribution is 7.93. The minimum atomic E-state index is -4.52. The predicted molar refractivity (Wildman–Crippen MR) is 92.9 cm³/mol. The fourth-order valence-electron chi connectivity index (χ4n) is 2.84. The van der Waals surface area contributed by atoms with Gasteiger partial charge in [0.1, 0.15) is 16.6 Å². The van der Waals surface area contributed by atoms with Crippen LogP contribution in [-0.2, 0) is 27.8 Å². The van der Waals surface area contributed by atoms with Crippen molar-refractivity contribution in [1.82, 2.24) is 10.1 Å². The standard InChI is InChI=1S/C16H13F2N3O4S2/c1-8-19-15(25-20-8)13-9-5-6-24-7-12(9)26-16(13)21-27(22,23)14-10(17)3-2-4-11(14)18/h2-4,21H,5-7H2,1H3. The molecular formula is C16H13F2N3O4S2. The molecule has 2 aromatic heterocycles. The summed E-state index contributed by atoms with van der Waals surface area (Å²) in [6.45, 7) is 2.39. The van der Waals surface area contributed by atoms with E-state index in [1.807, 2.05) is 0 Å². The molecule has 3 aromatic rings. The Kier molecular flexibility index (Phi) is 4.44. The van der Waals surface area contributed by atoms with Gasteiger partial charge in [0.25, 0.3) is 15.9 Å². The topological polar surface area (TPSA) is 94.3 Å². The SMILES string of the molecule is Cc1noc(-c2c(NS(=O)(=O)c3c(F)cccc3F)sc3c2CCOC3)n1. The average molecular weight is 413 g/mol. The predicted octanol–water partition coefficient (Wildman–Crippen LogP) is 3.26. The quantitative estimate of drug-likeness (QED) is 0.706. The Labute approximate surface area is 157 Å². The smallest absolute Gasteiger partial charge is 0.268 e. The van der Waals surface area contributed by atoms with Gasteiger partial charge in [-0.2, -0.15) is 4.98 Å². The van der Waals surface area contributed by atoms with Crippen LogP contribution in [0.2, 0.25) is 0 Å². The third-order valence-corrected chi connectivity index (χ3v) is 6.63. The van der Waals surface area contributed by atoms with E-state index in [0.29, 0.717) is 31.0 Å². The van der Waals surface area contributed by atoms with E-state index < -0.39 is 26.6 Å². The monoisotopic (exact) mass is 413 g/mol. The van der Waals surface area contributed by atoms with E-state index in [9.17, 15) is 17.2 Å². The molecule has 0 spiro atoms. The number of nitrogens with zero attached hydrogens (tertiary/aromatic N) is 2. The lowest BCUT2D eigenvalue weighted by atomic mass is 10.1. The Morgan fingerprint density at radius 2 is 2.00 bits per heavy atom. The van der Waals surface area contributed by atoms with Gasteiger partial charge in [-0.15, -0.1) is 11.3 Å². The molecule has 0 fully saturated rings. The highest BCUT2D eigenvalue weighted by Gasteiger charge is 2.30. The van der Waals surface area contributed by atoms with Crippen molar-refractivity contribution in [2.75, 3.05) is 11.3 Å². The first kappa shape index (κ1) is 18.0. The summed E-state index contributed by atoms with van der Waals surface area (Å²) < 4.78 is 66.2. The maximum atomic E-state index is 14.0. The number of ether oxygens (including phenoxy) is 1. The van der Waals surface area contributed by atoms with E-state index in [2.05, 4.69) is 14.9 Å². The van der Waals surface area contributed by atoms with E-state index in [1.54, 1.807) is 6.92 Å². The lowest BCUT2D eigenvalue weighted by Crippen LogP contribution is -2.16. The summed E-state index contributed by atoms with van der Waals surface area (Å²) in [7, 11) is -4.52. The lowest BCUT2D eigenvalue weighted by molar-refractivity contribution is 0.113. The Balaban J connectivity index is 1.84. The summed E-state index contributed by atoms with van der Waals surface area (Å²) in [6, 6.07) is 2.86. The fourth-order valence-corrected chi connectivity index (χ4v) is 5.46. The van der Waals surface area contributed by atoms with Gasteiger partial charge in [-0.3, -0.25) is 4.72 Å². The molecule has 142 valence electrons. The van der Waals surface area contributed by atoms with E-state index in [-0.39, 0.29) is 10.9 Å². The molecular weight excluding hydrogens is 400 g/mol. The van der Waals surface area contributed by atoms with Crippen molar-refractivity contribution < 1.29 is 26.5 Å². The minimum absolute atomic E-state index is 0.138. The highest BCUT2D eigenvalue weighted by atomic mass is 32.2. The molecule has 0 radical (unpaired) electrons. The van der Waals surface area contributed by atoms with Gasteiger partial charge in [0.2, 0.25) is 0 Å². The van der Waals surface area contributed by atoms with Crippen LogP contribution in [0.15, 0.2) is 27.6 Å². The molecule has 0 aliphatic carbocycles. The van der Waals surface area contributed by atoms with Crippen molar-refractivity contribution in [2.45, 2.75) is 24.8 Å². The number of rotatable bonds is 4. The second kappa shape index (κ2) is 6.66. The van der Waals surface area contributed by atoms with Crippen LogP contribution in [0, 0.1) is 18.6 Å². The summed E-state index contributed by atoms with van der Waals surface area (Å²) in [5, 5.41) is 3.89. The average Bonchev–Trinajstić information content (AvgIpc) is 3.16. The second-order valence-electron chi connectivity index (χ2n) is 5.81. The Hall–Kier alpha value is -2.37. The molecule has 27 heavy (non-hydrogen) atoms. The van der Waals surface area contributed by atoms with Gasteiger partial charge in [-0.25, -0.2) is 17.2 Å². The van der Waals surface area contributed by atoms with Crippen LogP contribution in [0.4, 0.5) is 13.8 Å². The minimum Gasteiger partial charge on any atom is -0.376 e. The molecule has 1 aliphatic heterocycles. The maximum Gasteiger partial charge on any atom is 0.268 e. The van der Waals surface area contributed by atoms with Gasteiger partial charge in [-0.05, 0) is 31.0 Å². The fraction of sp³-hybridized carbons (Fsp3) is 0.250. The zero-order valence-corrected chi connectivity index (χ0v) is 15.6. The molecule has 1 N–H and O–H groups in total. The zero-order valence-electron chi connectivity index (χ0n) is 14.0. The van der Waals surface area contributed by atoms with Gasteiger partial charge in [0.05, 0.1) is 18.8 Å². The van der Waals surface area contributed by atoms with Gasteiger partial charge >= 0.3 is 0 Å². The van der Waals surface area contributed by atoms with Crippen molar-refractivity contribution in [3.63, 3.8) is 0 Å². The number of nitrogens with one attached hydrogen (secondary N) is 1. The molecule has 4 rings (SSSR count). The first-order chi connectivity index (χ1) is 12.9. The largest absolute Gasteiger partial charge is 0.376 e. The van der Waals surface area contributed by atoms with Crippen molar-refractivity contribution in [1.29, 1.82) is 0 Å². The van der Waals surface area contributed by atoms with Crippen LogP contribution in [0.3, 0.4) is 0 Å². The van der Waals surface area contributed by atoms with E-state index in [0.717, 1.165) is 40.0 Å². The number of hydrogen-bond acceptors (Lipinski definition) is 7. The van der Waals surface area contributed by atoms with E-state index in [4.69, 9.17) is 9.26 Å². The van der Waals surface area contributed by atoms with Crippen LogP contribution in [0.25, 0.3) is 11.5 Å². The molecule has 7 nitrogen and oxygen atoms in total. The summed E-state index contributed by atoms with van der Waals surface area (Å²) in [6.07, 6.45) is 0.526. The van der Waals surface area contributed by atoms with Crippen molar-refractivity contribution >= 4 is 26.4 Å². The van der Waals surface area contributed by atoms with Crippen molar-refractivity contribution in [2.24, 2.45) is 0 Å². The molecule has 0 unspecified atom stereocenters. The highest BCUT2D eigenvalue weighted by Crippen LogP contribution is 2.43. The van der Waals surface area contributed by atoms with Gasteiger partial charge < -0.3 is 9.26 Å². The van der Waals surface area contributed by atoms with E-state index >= 15 is 0 Å². The molecule has 0 amide bonds. The summed E-state index contributed by atoms with van der Waals surface area (Å²) >= 11 is 1.11. The number of halogens is 2. The van der Waals surface area contributed by atoms with Gasteiger partial charge in [0, 0.05) is 4.88 Å². The van der Waals surface area contributed by atoms with Gasteiger partial charge in [-0.1, -0.05) is 11.2 Å². The third-order valence-electron chi connectivity index (χ3n) is 3.98. The molecule has 0 atom stereocenters. The van der Waals surface area contributed by atoms with E-state index in [1.165, 1.54) is 0 Å². The lowest BCUT2D eigenvalue weighted by Gasteiger charge is -2.12. The number of sulfonamides is 1. The molecule has 0 saturated carbocycles. The maximum absolute atomic E-state index is 14.0. The zero-order chi connectivity index (χ0) is 19.2. The molecule has 1 aliphatic rings. The number of fused-ring (bicyclic) bond motifs is 1. The Morgan fingerprint density at radius 1 is 1.26 bits per heavy atom. The number of aryl methyl sites for hydroxylation is 1. The first-order valence-electron chi connectivity index (χ1n) is 7.86. The van der Waals surface area contributed by atoms with Crippen LogP contribution in [0.5, 0.6) is 0 Å². The number of hydrogen-bond donors (Lipinski definition) is 1. The molecule has 1 aromatic carbocycles. The Bertz CT molecular complexity index is 1100. The molecule has 3 heterocycles. The number of anilines is 1. The van der Waals surface area contributed by atoms with Crippen molar-refractivity contribution in [3.8, 4) is 11.5 Å². The van der Waals surface area contributed by atoms with Crippen LogP contribution in [-0.4, -0.2) is 25.2 Å². The normalized spacial score (nSPS) is 14.2. The summed E-state index contributed by atoms with van der Waals surface area (Å²) in [5.74, 6) is -1.84. The first-order valence-corrected chi connectivity index (χ1v) is 10.2.